The number of ether oxygens (including phenoxy) is 1. The summed E-state index contributed by atoms with van der Waals surface area (Å²) >= 11 is 1.47. The van der Waals surface area contributed by atoms with Gasteiger partial charge in [0.05, 0.1) is 16.6 Å². The zero-order valence-electron chi connectivity index (χ0n) is 15.7. The molecule has 0 bridgehead atoms. The highest BCUT2D eigenvalue weighted by Crippen LogP contribution is 2.38. The number of imide groups is 1. The van der Waals surface area contributed by atoms with Gasteiger partial charge in [0.1, 0.15) is 5.75 Å². The predicted molar refractivity (Wildman–Crippen MR) is 103 cm³/mol. The van der Waals surface area contributed by atoms with Crippen LogP contribution >= 0.6 is 11.8 Å². The Morgan fingerprint density at radius 2 is 1.68 bits per heavy atom. The fourth-order valence-electron chi connectivity index (χ4n) is 2.65. The smallest absolute Gasteiger partial charge is 0.267 e. The Labute approximate surface area is 154 Å². The normalized spacial score (nSPS) is 15.1. The van der Waals surface area contributed by atoms with Gasteiger partial charge in [0, 0.05) is 11.8 Å². The number of hydrogen-bond donors (Lipinski definition) is 0. The maximum Gasteiger partial charge on any atom is 0.267 e. The number of hydrogen-bond acceptors (Lipinski definition) is 4. The first kappa shape index (κ1) is 19.6. The molecule has 0 atom stereocenters. The van der Waals surface area contributed by atoms with Crippen LogP contribution in [0.25, 0.3) is 5.57 Å². The molecule has 0 N–H and O–H groups in total. The molecule has 0 saturated heterocycles. The highest BCUT2D eigenvalue weighted by Gasteiger charge is 2.39. The van der Waals surface area contributed by atoms with Gasteiger partial charge >= 0.3 is 0 Å². The molecule has 0 radical (unpaired) electrons. The Hall–Kier alpha value is -1.75. The largest absolute Gasteiger partial charge is 0.491 e. The molecule has 1 aromatic rings. The second-order valence-corrected chi connectivity index (χ2v) is 8.26. The average Bonchev–Trinajstić information content (AvgIpc) is 2.76. The number of unbranched alkanes of at least 4 members (excludes halogenated alkanes) is 1. The highest BCUT2D eigenvalue weighted by atomic mass is 32.2. The van der Waals surface area contributed by atoms with Crippen LogP contribution in [0.5, 0.6) is 5.75 Å². The summed E-state index contributed by atoms with van der Waals surface area (Å²) in [6.45, 7) is 10.5. The van der Waals surface area contributed by atoms with E-state index in [4.69, 9.17) is 4.74 Å². The summed E-state index contributed by atoms with van der Waals surface area (Å²) in [5, 5.41) is 0.233. The zero-order valence-corrected chi connectivity index (χ0v) is 16.5. The van der Waals surface area contributed by atoms with Crippen molar-refractivity contribution in [2.45, 2.75) is 58.8 Å². The number of thioether (sulfide) groups is 1. The molecule has 1 heterocycles. The van der Waals surface area contributed by atoms with Crippen LogP contribution in [0.4, 0.5) is 0 Å². The summed E-state index contributed by atoms with van der Waals surface area (Å²) in [6.07, 6.45) is 1.86. The van der Waals surface area contributed by atoms with E-state index in [1.807, 2.05) is 52.0 Å². The van der Waals surface area contributed by atoms with Crippen molar-refractivity contribution >= 4 is 29.1 Å². The molecule has 2 rings (SSSR count). The number of carbonyl (C=O) groups excluding carboxylic acids is 2. The van der Waals surface area contributed by atoms with Crippen LogP contribution in [-0.4, -0.2) is 34.6 Å². The standard InChI is InChI=1S/C20H27NO3S/c1-6-7-12-21-19(22)17(18(20(21)23)25-14(4)5)15-8-10-16(11-9-15)24-13(2)3/h8-11,13-14H,6-7,12H2,1-5H3. The summed E-state index contributed by atoms with van der Waals surface area (Å²) in [7, 11) is 0. The zero-order chi connectivity index (χ0) is 18.6. The summed E-state index contributed by atoms with van der Waals surface area (Å²) in [4.78, 5) is 27.6. The molecule has 0 aromatic heterocycles. The fourth-order valence-corrected chi connectivity index (χ4v) is 3.65. The molecule has 4 nitrogen and oxygen atoms in total. The Balaban J connectivity index is 2.36. The Morgan fingerprint density at radius 3 is 2.20 bits per heavy atom. The van der Waals surface area contributed by atoms with Crippen LogP contribution in [0.1, 0.15) is 53.0 Å². The molecule has 1 aromatic carbocycles. The summed E-state index contributed by atoms with van der Waals surface area (Å²) in [5.74, 6) is 0.422. The van der Waals surface area contributed by atoms with E-state index in [0.29, 0.717) is 17.0 Å². The van der Waals surface area contributed by atoms with Crippen LogP contribution in [-0.2, 0) is 9.59 Å². The van der Waals surface area contributed by atoms with Gasteiger partial charge in [-0.1, -0.05) is 39.3 Å². The Bertz CT molecular complexity index is 662. The van der Waals surface area contributed by atoms with Gasteiger partial charge in [0.2, 0.25) is 0 Å². The molecule has 0 saturated carbocycles. The number of nitrogens with zero attached hydrogens (tertiary/aromatic N) is 1. The van der Waals surface area contributed by atoms with Crippen LogP contribution in [0.2, 0.25) is 0 Å². The van der Waals surface area contributed by atoms with Gasteiger partial charge in [-0.2, -0.15) is 0 Å². The molecule has 2 amide bonds. The van der Waals surface area contributed by atoms with Crippen molar-refractivity contribution < 1.29 is 14.3 Å². The van der Waals surface area contributed by atoms with Gasteiger partial charge < -0.3 is 4.74 Å². The van der Waals surface area contributed by atoms with E-state index in [-0.39, 0.29) is 23.2 Å². The highest BCUT2D eigenvalue weighted by molar-refractivity contribution is 8.04. The first-order valence-electron chi connectivity index (χ1n) is 8.89. The van der Waals surface area contributed by atoms with Crippen molar-refractivity contribution in [1.82, 2.24) is 4.90 Å². The van der Waals surface area contributed by atoms with Crippen LogP contribution in [0.3, 0.4) is 0 Å². The van der Waals surface area contributed by atoms with Crippen molar-refractivity contribution in [3.63, 3.8) is 0 Å². The molecule has 5 heteroatoms. The van der Waals surface area contributed by atoms with Gasteiger partial charge in [-0.05, 0) is 38.0 Å². The van der Waals surface area contributed by atoms with Gasteiger partial charge in [-0.3, -0.25) is 14.5 Å². The van der Waals surface area contributed by atoms with E-state index in [0.717, 1.165) is 24.2 Å². The van der Waals surface area contributed by atoms with Crippen molar-refractivity contribution in [3.8, 4) is 5.75 Å². The molecule has 25 heavy (non-hydrogen) atoms. The van der Waals surface area contributed by atoms with Gasteiger partial charge in [0.15, 0.2) is 0 Å². The van der Waals surface area contributed by atoms with Gasteiger partial charge in [-0.25, -0.2) is 0 Å². The summed E-state index contributed by atoms with van der Waals surface area (Å²) in [5.41, 5.74) is 1.30. The maximum absolute atomic E-state index is 12.9. The molecule has 136 valence electrons. The van der Waals surface area contributed by atoms with E-state index in [9.17, 15) is 9.59 Å². The van der Waals surface area contributed by atoms with Gasteiger partial charge in [0.25, 0.3) is 11.8 Å². The topological polar surface area (TPSA) is 46.6 Å². The fraction of sp³-hybridized carbons (Fsp3) is 0.500. The minimum atomic E-state index is -0.181. The van der Waals surface area contributed by atoms with Gasteiger partial charge in [-0.15, -0.1) is 11.8 Å². The molecule has 0 fully saturated rings. The van der Waals surface area contributed by atoms with E-state index in [1.54, 1.807) is 0 Å². The van der Waals surface area contributed by atoms with E-state index in [2.05, 4.69) is 6.92 Å². The average molecular weight is 362 g/mol. The molecule has 1 aliphatic heterocycles. The number of amides is 2. The molecule has 0 unspecified atom stereocenters. The third-order valence-electron chi connectivity index (χ3n) is 3.73. The van der Waals surface area contributed by atoms with Crippen molar-refractivity contribution in [2.24, 2.45) is 0 Å². The lowest BCUT2D eigenvalue weighted by Gasteiger charge is -2.14. The molecular formula is C20H27NO3S. The third kappa shape index (κ3) is 4.66. The summed E-state index contributed by atoms with van der Waals surface area (Å²) < 4.78 is 5.66. The lowest BCUT2D eigenvalue weighted by Crippen LogP contribution is -2.32. The van der Waals surface area contributed by atoms with E-state index >= 15 is 0 Å². The third-order valence-corrected chi connectivity index (χ3v) is 4.81. The summed E-state index contributed by atoms with van der Waals surface area (Å²) in [6, 6.07) is 7.43. The van der Waals surface area contributed by atoms with E-state index < -0.39 is 0 Å². The first-order chi connectivity index (χ1) is 11.8. The number of rotatable bonds is 8. The minimum Gasteiger partial charge on any atom is -0.491 e. The molecular weight excluding hydrogens is 334 g/mol. The van der Waals surface area contributed by atoms with Crippen molar-refractivity contribution in [2.75, 3.05) is 6.54 Å². The molecule has 0 aliphatic carbocycles. The quantitative estimate of drug-likeness (QED) is 0.640. The monoisotopic (exact) mass is 361 g/mol. The minimum absolute atomic E-state index is 0.0938. The van der Waals surface area contributed by atoms with E-state index in [1.165, 1.54) is 16.7 Å². The van der Waals surface area contributed by atoms with Crippen LogP contribution in [0, 0.1) is 0 Å². The SMILES string of the molecule is CCCCN1C(=O)C(SC(C)C)=C(c2ccc(OC(C)C)cc2)C1=O. The number of benzene rings is 1. The second kappa shape index (κ2) is 8.56. The Kier molecular flexibility index (Phi) is 6.71. The first-order valence-corrected chi connectivity index (χ1v) is 9.77. The predicted octanol–water partition coefficient (Wildman–Crippen LogP) is 4.50. The van der Waals surface area contributed by atoms with Crippen molar-refractivity contribution in [3.05, 3.63) is 34.7 Å². The number of carbonyl (C=O) groups is 2. The molecule has 1 aliphatic rings. The lowest BCUT2D eigenvalue weighted by atomic mass is 10.1. The second-order valence-electron chi connectivity index (χ2n) is 6.68. The lowest BCUT2D eigenvalue weighted by molar-refractivity contribution is -0.136. The van der Waals surface area contributed by atoms with Crippen molar-refractivity contribution in [1.29, 1.82) is 0 Å². The molecule has 0 spiro atoms. The van der Waals surface area contributed by atoms with Crippen LogP contribution in [0.15, 0.2) is 29.2 Å². The maximum atomic E-state index is 12.9. The van der Waals surface area contributed by atoms with Crippen LogP contribution < -0.4 is 4.74 Å². The Morgan fingerprint density at radius 1 is 1.04 bits per heavy atom.